The van der Waals surface area contributed by atoms with Crippen molar-refractivity contribution in [1.29, 1.82) is 0 Å². The molecule has 0 aliphatic carbocycles. The lowest BCUT2D eigenvalue weighted by atomic mass is 10.2. The SMILES string of the molecule is O=C(O)c1ccc(S(=O)(=O)Nc2cccc(F)c2)c(F)c1. The number of hydrogen-bond donors (Lipinski definition) is 2. The molecule has 0 saturated heterocycles. The summed E-state index contributed by atoms with van der Waals surface area (Å²) in [6, 6.07) is 7.04. The van der Waals surface area contributed by atoms with Crippen LogP contribution in [0.5, 0.6) is 0 Å². The number of hydrogen-bond acceptors (Lipinski definition) is 3. The minimum atomic E-state index is -4.29. The van der Waals surface area contributed by atoms with Gasteiger partial charge in [0.25, 0.3) is 10.0 Å². The molecule has 0 fully saturated rings. The molecule has 21 heavy (non-hydrogen) atoms. The summed E-state index contributed by atoms with van der Waals surface area (Å²) in [5.74, 6) is -3.24. The van der Waals surface area contributed by atoms with Crippen LogP contribution in [-0.4, -0.2) is 19.5 Å². The van der Waals surface area contributed by atoms with Gasteiger partial charge in [0.15, 0.2) is 0 Å². The van der Waals surface area contributed by atoms with Crippen molar-refractivity contribution in [3.63, 3.8) is 0 Å². The Labute approximate surface area is 118 Å². The molecule has 0 bridgehead atoms. The summed E-state index contributed by atoms with van der Waals surface area (Å²) in [5, 5.41) is 8.70. The Bertz CT molecular complexity index is 806. The van der Waals surface area contributed by atoms with E-state index in [0.29, 0.717) is 6.07 Å². The summed E-state index contributed by atoms with van der Waals surface area (Å²) >= 11 is 0. The number of sulfonamides is 1. The van der Waals surface area contributed by atoms with Crippen molar-refractivity contribution >= 4 is 21.7 Å². The summed E-state index contributed by atoms with van der Waals surface area (Å²) in [6.45, 7) is 0. The second-order valence-corrected chi connectivity index (χ2v) is 5.72. The molecule has 2 aromatic rings. The Kier molecular flexibility index (Phi) is 3.90. The largest absolute Gasteiger partial charge is 0.478 e. The van der Waals surface area contributed by atoms with E-state index in [0.717, 1.165) is 24.3 Å². The lowest BCUT2D eigenvalue weighted by molar-refractivity contribution is 0.0696. The van der Waals surface area contributed by atoms with Gasteiger partial charge in [0.05, 0.1) is 11.3 Å². The summed E-state index contributed by atoms with van der Waals surface area (Å²) in [7, 11) is -4.29. The average Bonchev–Trinajstić information content (AvgIpc) is 2.37. The van der Waals surface area contributed by atoms with Gasteiger partial charge in [-0.1, -0.05) is 6.07 Å². The monoisotopic (exact) mass is 313 g/mol. The van der Waals surface area contributed by atoms with Crippen LogP contribution in [-0.2, 0) is 10.0 Å². The van der Waals surface area contributed by atoms with E-state index in [2.05, 4.69) is 0 Å². The quantitative estimate of drug-likeness (QED) is 0.908. The van der Waals surface area contributed by atoms with Crippen molar-refractivity contribution in [2.45, 2.75) is 4.90 Å². The first-order valence-electron chi connectivity index (χ1n) is 5.61. The Hall–Kier alpha value is -2.48. The van der Waals surface area contributed by atoms with Gasteiger partial charge in [-0.2, -0.15) is 0 Å². The van der Waals surface area contributed by atoms with Gasteiger partial charge in [-0.15, -0.1) is 0 Å². The van der Waals surface area contributed by atoms with Crippen molar-refractivity contribution in [3.05, 3.63) is 59.7 Å². The van der Waals surface area contributed by atoms with E-state index in [4.69, 9.17) is 5.11 Å². The Morgan fingerprint density at radius 3 is 2.38 bits per heavy atom. The standard InChI is InChI=1S/C13H9F2NO4S/c14-9-2-1-3-10(7-9)16-21(19,20)12-5-4-8(13(17)18)6-11(12)15/h1-7,16H,(H,17,18). The van der Waals surface area contributed by atoms with Crippen LogP contribution in [0.4, 0.5) is 14.5 Å². The van der Waals surface area contributed by atoms with Gasteiger partial charge in [0, 0.05) is 0 Å². The fourth-order valence-electron chi connectivity index (χ4n) is 1.61. The molecule has 0 aliphatic heterocycles. The van der Waals surface area contributed by atoms with E-state index in [1.54, 1.807) is 0 Å². The van der Waals surface area contributed by atoms with E-state index in [1.807, 2.05) is 4.72 Å². The highest BCUT2D eigenvalue weighted by molar-refractivity contribution is 7.92. The summed E-state index contributed by atoms with van der Waals surface area (Å²) in [6.07, 6.45) is 0. The topological polar surface area (TPSA) is 83.5 Å². The van der Waals surface area contributed by atoms with Crippen LogP contribution in [0, 0.1) is 11.6 Å². The molecule has 0 spiro atoms. The predicted octanol–water partition coefficient (Wildman–Crippen LogP) is 2.46. The molecule has 0 heterocycles. The van der Waals surface area contributed by atoms with Crippen LogP contribution in [0.15, 0.2) is 47.4 Å². The molecule has 0 saturated carbocycles. The Morgan fingerprint density at radius 1 is 1.10 bits per heavy atom. The molecule has 0 atom stereocenters. The van der Waals surface area contributed by atoms with E-state index in [1.165, 1.54) is 12.1 Å². The Balaban J connectivity index is 2.38. The summed E-state index contributed by atoms with van der Waals surface area (Å²) in [4.78, 5) is 9.94. The lowest BCUT2D eigenvalue weighted by Crippen LogP contribution is -2.15. The van der Waals surface area contributed by atoms with Crippen molar-refractivity contribution in [2.75, 3.05) is 4.72 Å². The first-order chi connectivity index (χ1) is 9.79. The fraction of sp³-hybridized carbons (Fsp3) is 0. The molecule has 0 aromatic heterocycles. The van der Waals surface area contributed by atoms with Crippen molar-refractivity contribution < 1.29 is 27.1 Å². The lowest BCUT2D eigenvalue weighted by Gasteiger charge is -2.09. The number of nitrogens with one attached hydrogen (secondary N) is 1. The van der Waals surface area contributed by atoms with Gasteiger partial charge in [0.1, 0.15) is 16.5 Å². The molecule has 2 rings (SSSR count). The third kappa shape index (κ3) is 3.34. The van der Waals surface area contributed by atoms with E-state index >= 15 is 0 Å². The predicted molar refractivity (Wildman–Crippen MR) is 70.6 cm³/mol. The molecule has 2 aromatic carbocycles. The maximum atomic E-state index is 13.7. The Morgan fingerprint density at radius 2 is 1.81 bits per heavy atom. The third-order valence-corrected chi connectivity index (χ3v) is 3.96. The minimum absolute atomic E-state index is 0.0725. The molecule has 0 unspecified atom stereocenters. The van der Waals surface area contributed by atoms with Gasteiger partial charge in [-0.25, -0.2) is 22.0 Å². The molecule has 0 radical (unpaired) electrons. The summed E-state index contributed by atoms with van der Waals surface area (Å²) < 4.78 is 52.7. The van der Waals surface area contributed by atoms with E-state index in [9.17, 15) is 22.0 Å². The number of carboxylic acid groups (broad SMARTS) is 1. The fourth-order valence-corrected chi connectivity index (χ4v) is 2.72. The van der Waals surface area contributed by atoms with Crippen molar-refractivity contribution in [2.24, 2.45) is 0 Å². The molecule has 5 nitrogen and oxygen atoms in total. The number of aromatic carboxylic acids is 1. The molecular weight excluding hydrogens is 304 g/mol. The number of rotatable bonds is 4. The van der Waals surface area contributed by atoms with Crippen molar-refractivity contribution in [1.82, 2.24) is 0 Å². The number of benzene rings is 2. The number of anilines is 1. The van der Waals surface area contributed by atoms with Crippen LogP contribution < -0.4 is 4.72 Å². The zero-order valence-electron chi connectivity index (χ0n) is 10.4. The van der Waals surface area contributed by atoms with Crippen LogP contribution in [0.25, 0.3) is 0 Å². The highest BCUT2D eigenvalue weighted by Crippen LogP contribution is 2.20. The zero-order chi connectivity index (χ0) is 15.6. The molecule has 110 valence electrons. The second kappa shape index (κ2) is 5.49. The molecule has 2 N–H and O–H groups in total. The van der Waals surface area contributed by atoms with E-state index < -0.39 is 32.5 Å². The highest BCUT2D eigenvalue weighted by Gasteiger charge is 2.20. The van der Waals surface area contributed by atoms with E-state index in [-0.39, 0.29) is 11.3 Å². The molecular formula is C13H9F2NO4S. The van der Waals surface area contributed by atoms with Gasteiger partial charge in [-0.05, 0) is 36.4 Å². The van der Waals surface area contributed by atoms with Crippen LogP contribution >= 0.6 is 0 Å². The van der Waals surface area contributed by atoms with Crippen LogP contribution in [0.1, 0.15) is 10.4 Å². The maximum absolute atomic E-state index is 13.7. The number of carbonyl (C=O) groups is 1. The van der Waals surface area contributed by atoms with Crippen LogP contribution in [0.3, 0.4) is 0 Å². The van der Waals surface area contributed by atoms with Crippen molar-refractivity contribution in [3.8, 4) is 0 Å². The second-order valence-electron chi connectivity index (χ2n) is 4.07. The summed E-state index contributed by atoms with van der Waals surface area (Å²) in [5.41, 5.74) is -0.450. The third-order valence-electron chi connectivity index (χ3n) is 2.55. The normalized spacial score (nSPS) is 11.1. The zero-order valence-corrected chi connectivity index (χ0v) is 11.2. The number of halogens is 2. The first kappa shape index (κ1) is 14.9. The molecule has 8 heteroatoms. The number of carboxylic acids is 1. The molecule has 0 amide bonds. The van der Waals surface area contributed by atoms with Crippen LogP contribution in [0.2, 0.25) is 0 Å². The highest BCUT2D eigenvalue weighted by atomic mass is 32.2. The van der Waals surface area contributed by atoms with Gasteiger partial charge >= 0.3 is 5.97 Å². The van der Waals surface area contributed by atoms with Gasteiger partial charge in [0.2, 0.25) is 0 Å². The average molecular weight is 313 g/mol. The maximum Gasteiger partial charge on any atom is 0.335 e. The first-order valence-corrected chi connectivity index (χ1v) is 7.09. The van der Waals surface area contributed by atoms with Gasteiger partial charge in [-0.3, -0.25) is 4.72 Å². The molecule has 0 aliphatic rings. The van der Waals surface area contributed by atoms with Gasteiger partial charge < -0.3 is 5.11 Å². The smallest absolute Gasteiger partial charge is 0.335 e. The minimum Gasteiger partial charge on any atom is -0.478 e.